The van der Waals surface area contributed by atoms with Crippen molar-refractivity contribution in [2.24, 2.45) is 0 Å². The Morgan fingerprint density at radius 1 is 1.13 bits per heavy atom. The Bertz CT molecular complexity index is 1060. The maximum Gasteiger partial charge on any atom is 0.320 e. The number of pyridine rings is 1. The molecule has 0 radical (unpaired) electrons. The van der Waals surface area contributed by atoms with Crippen molar-refractivity contribution in [3.63, 3.8) is 0 Å². The quantitative estimate of drug-likeness (QED) is 0.573. The molecule has 3 N–H and O–H groups in total. The molecule has 0 unspecified atom stereocenters. The van der Waals surface area contributed by atoms with Gasteiger partial charge in [0.25, 0.3) is 5.91 Å². The molecule has 0 fully saturated rings. The van der Waals surface area contributed by atoms with Crippen molar-refractivity contribution >= 4 is 29.4 Å². The molecule has 3 aromatic heterocycles. The van der Waals surface area contributed by atoms with Crippen LogP contribution in [0.3, 0.4) is 0 Å². The lowest BCUT2D eigenvalue weighted by Gasteiger charge is -2.11. The number of nitrogens with zero attached hydrogens (tertiary/aromatic N) is 5. The summed E-state index contributed by atoms with van der Waals surface area (Å²) in [6.07, 6.45) is 5.02. The van der Waals surface area contributed by atoms with Crippen molar-refractivity contribution in [2.45, 2.75) is 26.8 Å². The molecule has 3 amide bonds. The first-order valence-corrected chi connectivity index (χ1v) is 9.67. The number of carbonyl (C=O) groups excluding carboxylic acids is 2. The topological polar surface area (TPSA) is 117 Å². The lowest BCUT2D eigenvalue weighted by molar-refractivity contribution is 0.0949. The van der Waals surface area contributed by atoms with Crippen molar-refractivity contribution in [1.29, 1.82) is 0 Å². The summed E-state index contributed by atoms with van der Waals surface area (Å²) in [7, 11) is 3.73. The number of amides is 3. The standard InChI is InChI=1S/C20H26N8O2/c1-6-21-18(29)15-7-13(14-9-22-19(23-10-14)27(4)5)8-17-25-16(11-28(15)17)26-20(30)24-12(2)3/h7-12H,6H2,1-5H3,(H,21,29)(H2,24,26,30). The monoisotopic (exact) mass is 410 g/mol. The highest BCUT2D eigenvalue weighted by Crippen LogP contribution is 2.24. The van der Waals surface area contributed by atoms with Crippen LogP contribution in [0.4, 0.5) is 16.6 Å². The van der Waals surface area contributed by atoms with E-state index in [2.05, 4.69) is 30.9 Å². The van der Waals surface area contributed by atoms with Crippen LogP contribution < -0.4 is 20.9 Å². The van der Waals surface area contributed by atoms with Crippen LogP contribution in [0.5, 0.6) is 0 Å². The lowest BCUT2D eigenvalue weighted by atomic mass is 10.1. The van der Waals surface area contributed by atoms with Crippen molar-refractivity contribution < 1.29 is 9.59 Å². The largest absolute Gasteiger partial charge is 0.351 e. The molecular weight excluding hydrogens is 384 g/mol. The molecule has 10 nitrogen and oxygen atoms in total. The molecule has 0 atom stereocenters. The number of hydrogen-bond donors (Lipinski definition) is 3. The Kier molecular flexibility index (Phi) is 6.14. The van der Waals surface area contributed by atoms with E-state index in [0.717, 1.165) is 11.1 Å². The zero-order valence-corrected chi connectivity index (χ0v) is 17.7. The van der Waals surface area contributed by atoms with E-state index in [1.54, 1.807) is 29.1 Å². The van der Waals surface area contributed by atoms with E-state index < -0.39 is 0 Å². The maximum absolute atomic E-state index is 12.7. The summed E-state index contributed by atoms with van der Waals surface area (Å²) in [5, 5.41) is 8.25. The fourth-order valence-corrected chi connectivity index (χ4v) is 2.86. The molecule has 0 aromatic carbocycles. The summed E-state index contributed by atoms with van der Waals surface area (Å²) < 4.78 is 1.65. The average Bonchev–Trinajstić information content (AvgIpc) is 3.08. The summed E-state index contributed by atoms with van der Waals surface area (Å²) in [6, 6.07) is 3.21. The van der Waals surface area contributed by atoms with Gasteiger partial charge in [0.1, 0.15) is 11.3 Å². The molecule has 0 spiro atoms. The van der Waals surface area contributed by atoms with Gasteiger partial charge < -0.3 is 15.5 Å². The van der Waals surface area contributed by atoms with E-state index in [4.69, 9.17) is 0 Å². The second-order valence-corrected chi connectivity index (χ2v) is 7.26. The average molecular weight is 410 g/mol. The minimum atomic E-state index is -0.360. The first-order chi connectivity index (χ1) is 14.3. The molecule has 30 heavy (non-hydrogen) atoms. The van der Waals surface area contributed by atoms with E-state index in [1.807, 2.05) is 45.8 Å². The predicted molar refractivity (Wildman–Crippen MR) is 116 cm³/mol. The van der Waals surface area contributed by atoms with Crippen molar-refractivity contribution in [1.82, 2.24) is 30.0 Å². The number of rotatable bonds is 6. The van der Waals surface area contributed by atoms with Crippen molar-refractivity contribution in [3.05, 3.63) is 36.4 Å². The van der Waals surface area contributed by atoms with Crippen LogP contribution in [0.1, 0.15) is 31.3 Å². The third-order valence-corrected chi connectivity index (χ3v) is 4.17. The number of carbonyl (C=O) groups is 2. The summed E-state index contributed by atoms with van der Waals surface area (Å²) in [5.74, 6) is 0.688. The molecule has 0 saturated carbocycles. The SMILES string of the molecule is CCNC(=O)c1cc(-c2cnc(N(C)C)nc2)cc2nc(NC(=O)NC(C)C)cn12. The van der Waals surface area contributed by atoms with Gasteiger partial charge in [-0.2, -0.15) is 0 Å². The van der Waals surface area contributed by atoms with E-state index >= 15 is 0 Å². The molecular formula is C20H26N8O2. The Balaban J connectivity index is 2.04. The molecule has 0 saturated heterocycles. The molecule has 3 heterocycles. The minimum absolute atomic E-state index is 0.00957. The third-order valence-electron chi connectivity index (χ3n) is 4.17. The molecule has 10 heteroatoms. The maximum atomic E-state index is 12.7. The normalized spacial score (nSPS) is 10.9. The van der Waals surface area contributed by atoms with Gasteiger partial charge in [0.05, 0.1) is 6.20 Å². The van der Waals surface area contributed by atoms with Crippen LogP contribution >= 0.6 is 0 Å². The van der Waals surface area contributed by atoms with Gasteiger partial charge in [0.15, 0.2) is 5.82 Å². The predicted octanol–water partition coefficient (Wildman–Crippen LogP) is 2.14. The zero-order chi connectivity index (χ0) is 21.8. The molecule has 158 valence electrons. The molecule has 0 aliphatic carbocycles. The highest BCUT2D eigenvalue weighted by molar-refractivity contribution is 5.95. The zero-order valence-electron chi connectivity index (χ0n) is 17.7. The first-order valence-electron chi connectivity index (χ1n) is 9.67. The third kappa shape index (κ3) is 4.65. The van der Waals surface area contributed by atoms with Gasteiger partial charge >= 0.3 is 6.03 Å². The van der Waals surface area contributed by atoms with Gasteiger partial charge in [0.2, 0.25) is 5.95 Å². The van der Waals surface area contributed by atoms with Gasteiger partial charge in [0, 0.05) is 44.6 Å². The lowest BCUT2D eigenvalue weighted by Crippen LogP contribution is -2.34. The number of urea groups is 1. The Morgan fingerprint density at radius 2 is 1.83 bits per heavy atom. The van der Waals surface area contributed by atoms with Crippen LogP contribution in [-0.2, 0) is 0 Å². The number of fused-ring (bicyclic) bond motifs is 1. The summed E-state index contributed by atoms with van der Waals surface area (Å²) in [5.41, 5.74) is 2.41. The molecule has 0 aliphatic rings. The summed E-state index contributed by atoms with van der Waals surface area (Å²) in [6.45, 7) is 6.07. The number of imidazole rings is 1. The smallest absolute Gasteiger partial charge is 0.320 e. The van der Waals surface area contributed by atoms with Gasteiger partial charge in [-0.25, -0.2) is 19.7 Å². The first kappa shape index (κ1) is 21.0. The van der Waals surface area contributed by atoms with Crippen LogP contribution in [-0.4, -0.2) is 58.0 Å². The van der Waals surface area contributed by atoms with Crippen molar-refractivity contribution in [3.8, 4) is 11.1 Å². The molecule has 3 aromatic rings. The second kappa shape index (κ2) is 8.76. The van der Waals surface area contributed by atoms with Gasteiger partial charge in [-0.05, 0) is 38.5 Å². The molecule has 0 aliphatic heterocycles. The minimum Gasteiger partial charge on any atom is -0.351 e. The van der Waals surface area contributed by atoms with Gasteiger partial charge in [-0.15, -0.1) is 0 Å². The van der Waals surface area contributed by atoms with Gasteiger partial charge in [-0.3, -0.25) is 14.5 Å². The highest BCUT2D eigenvalue weighted by atomic mass is 16.2. The highest BCUT2D eigenvalue weighted by Gasteiger charge is 2.16. The van der Waals surface area contributed by atoms with Gasteiger partial charge in [-0.1, -0.05) is 0 Å². The fourth-order valence-electron chi connectivity index (χ4n) is 2.86. The van der Waals surface area contributed by atoms with Crippen LogP contribution in [0.15, 0.2) is 30.7 Å². The fraction of sp³-hybridized carbons (Fsp3) is 0.350. The second-order valence-electron chi connectivity index (χ2n) is 7.26. The summed E-state index contributed by atoms with van der Waals surface area (Å²) >= 11 is 0. The Hall–Kier alpha value is -3.69. The molecule has 0 bridgehead atoms. The summed E-state index contributed by atoms with van der Waals surface area (Å²) in [4.78, 5) is 39.6. The Morgan fingerprint density at radius 3 is 2.43 bits per heavy atom. The van der Waals surface area contributed by atoms with E-state index in [0.29, 0.717) is 29.7 Å². The number of aromatic nitrogens is 4. The number of anilines is 2. The number of nitrogens with one attached hydrogen (secondary N) is 3. The Labute approximate surface area is 174 Å². The van der Waals surface area contributed by atoms with Crippen LogP contribution in [0, 0.1) is 0 Å². The molecule has 3 rings (SSSR count). The van der Waals surface area contributed by atoms with Crippen LogP contribution in [0.25, 0.3) is 16.8 Å². The van der Waals surface area contributed by atoms with Crippen LogP contribution in [0.2, 0.25) is 0 Å². The number of hydrogen-bond acceptors (Lipinski definition) is 6. The van der Waals surface area contributed by atoms with E-state index in [9.17, 15) is 9.59 Å². The van der Waals surface area contributed by atoms with Crippen molar-refractivity contribution in [2.75, 3.05) is 30.9 Å². The van der Waals surface area contributed by atoms with E-state index in [-0.39, 0.29) is 18.0 Å². The van der Waals surface area contributed by atoms with E-state index in [1.165, 1.54) is 0 Å².